The molecule has 0 aromatic heterocycles. The van der Waals surface area contributed by atoms with E-state index in [2.05, 4.69) is 31.7 Å². The number of hydrogen-bond donors (Lipinski definition) is 0. The highest BCUT2D eigenvalue weighted by Gasteiger charge is 2.23. The molecular formula is C7H14N+. The van der Waals surface area contributed by atoms with Gasteiger partial charge in [0.05, 0.1) is 6.92 Å². The second kappa shape index (κ2) is 2.71. The molecule has 0 bridgehead atoms. The van der Waals surface area contributed by atoms with Crippen LogP contribution in [-0.4, -0.2) is 5.54 Å². The molecule has 0 atom stereocenters. The van der Waals surface area contributed by atoms with Crippen molar-refractivity contribution in [1.82, 2.24) is 0 Å². The van der Waals surface area contributed by atoms with Crippen molar-refractivity contribution >= 4 is 0 Å². The van der Waals surface area contributed by atoms with Crippen molar-refractivity contribution in [2.45, 2.75) is 39.7 Å². The molecule has 0 aliphatic carbocycles. The van der Waals surface area contributed by atoms with Crippen LogP contribution in [0.2, 0.25) is 0 Å². The summed E-state index contributed by atoms with van der Waals surface area (Å²) in [5.41, 5.74) is 0.106. The zero-order valence-electron chi connectivity index (χ0n) is 6.15. The Balaban J connectivity index is 3.85. The molecule has 0 unspecified atom stereocenters. The maximum Gasteiger partial charge on any atom is 0.275 e. The minimum Gasteiger partial charge on any atom is -0.0781 e. The van der Waals surface area contributed by atoms with E-state index < -0.39 is 0 Å². The lowest BCUT2D eigenvalue weighted by Gasteiger charge is -1.98. The van der Waals surface area contributed by atoms with Gasteiger partial charge in [0, 0.05) is 20.3 Å². The smallest absolute Gasteiger partial charge is 0.0781 e. The fourth-order valence-corrected chi connectivity index (χ4v) is 0.382. The summed E-state index contributed by atoms with van der Waals surface area (Å²) in [6.07, 6.45) is 1.08. The second-order valence-electron chi connectivity index (χ2n) is 2.50. The van der Waals surface area contributed by atoms with Crippen molar-refractivity contribution in [3.63, 3.8) is 0 Å². The first-order valence-electron chi connectivity index (χ1n) is 3.01. The van der Waals surface area contributed by atoms with Crippen molar-refractivity contribution in [3.8, 4) is 6.07 Å². The summed E-state index contributed by atoms with van der Waals surface area (Å²) in [6.45, 7) is 8.16. The Bertz CT molecular complexity index is 114. The van der Waals surface area contributed by atoms with Gasteiger partial charge in [-0.2, -0.15) is 0 Å². The minimum atomic E-state index is 0.106. The fraction of sp³-hybridized carbons (Fsp3) is 0.857. The van der Waals surface area contributed by atoms with Gasteiger partial charge < -0.3 is 0 Å². The molecule has 0 saturated carbocycles. The third-order valence-corrected chi connectivity index (χ3v) is 1.28. The van der Waals surface area contributed by atoms with E-state index in [9.17, 15) is 0 Å². The van der Waals surface area contributed by atoms with Crippen molar-refractivity contribution in [1.29, 1.82) is 0 Å². The molecule has 1 nitrogen and oxygen atoms in total. The average molecular weight is 112 g/mol. The van der Waals surface area contributed by atoms with Crippen LogP contribution in [-0.2, 0) is 0 Å². The quantitative estimate of drug-likeness (QED) is 0.491. The van der Waals surface area contributed by atoms with Crippen LogP contribution in [0.5, 0.6) is 0 Å². The van der Waals surface area contributed by atoms with E-state index in [0.29, 0.717) is 0 Å². The Labute approximate surface area is 51.5 Å². The Kier molecular flexibility index (Phi) is 2.54. The third-order valence-electron chi connectivity index (χ3n) is 1.28. The molecule has 0 aromatic carbocycles. The van der Waals surface area contributed by atoms with Gasteiger partial charge in [-0.25, -0.2) is 0 Å². The summed E-state index contributed by atoms with van der Waals surface area (Å²) in [4.78, 5) is 4.12. The molecule has 0 aromatic rings. The second-order valence-corrected chi connectivity index (χ2v) is 2.50. The molecule has 0 N–H and O–H groups in total. The van der Waals surface area contributed by atoms with E-state index in [0.717, 1.165) is 6.42 Å². The lowest BCUT2D eigenvalue weighted by molar-refractivity contribution is 0.591. The summed E-state index contributed by atoms with van der Waals surface area (Å²) in [7, 11) is 0. The Morgan fingerprint density at radius 2 is 2.00 bits per heavy atom. The summed E-state index contributed by atoms with van der Waals surface area (Å²) in [5, 5.41) is 0. The maximum atomic E-state index is 4.12. The first-order chi connectivity index (χ1) is 3.62. The highest BCUT2D eigenvalue weighted by molar-refractivity contribution is 4.96. The normalized spacial score (nSPS) is 10.0. The molecule has 0 fully saturated rings. The van der Waals surface area contributed by atoms with Crippen LogP contribution >= 0.6 is 0 Å². The zero-order valence-corrected chi connectivity index (χ0v) is 6.15. The number of nitrogens with zero attached hydrogens (tertiary/aromatic N) is 1. The van der Waals surface area contributed by atoms with Crippen molar-refractivity contribution in [2.75, 3.05) is 0 Å². The van der Waals surface area contributed by atoms with Gasteiger partial charge >= 0.3 is 0 Å². The van der Waals surface area contributed by atoms with Crippen molar-refractivity contribution in [3.05, 3.63) is 4.85 Å². The van der Waals surface area contributed by atoms with Gasteiger partial charge in [-0.1, -0.05) is 11.8 Å². The van der Waals surface area contributed by atoms with Gasteiger partial charge in [-0.3, -0.25) is 0 Å². The maximum absolute atomic E-state index is 4.12. The topological polar surface area (TPSA) is 4.36 Å². The Morgan fingerprint density at radius 1 is 1.50 bits per heavy atom. The monoisotopic (exact) mass is 112 g/mol. The summed E-state index contributed by atoms with van der Waals surface area (Å²) in [5.74, 6) is 0. The van der Waals surface area contributed by atoms with Gasteiger partial charge in [-0.05, 0) is 0 Å². The molecule has 0 amide bonds. The predicted molar refractivity (Wildman–Crippen MR) is 37.3 cm³/mol. The van der Waals surface area contributed by atoms with Crippen LogP contribution < -0.4 is 0 Å². The van der Waals surface area contributed by atoms with E-state index in [4.69, 9.17) is 0 Å². The zero-order chi connectivity index (χ0) is 6.62. The molecule has 1 heteroatoms. The number of rotatable bonds is 1. The van der Waals surface area contributed by atoms with Crippen LogP contribution in [0.3, 0.4) is 0 Å². The highest BCUT2D eigenvalue weighted by atomic mass is 14.8. The lowest BCUT2D eigenvalue weighted by atomic mass is 10.0. The molecule has 0 rings (SSSR count). The van der Waals surface area contributed by atoms with Gasteiger partial charge in [0.15, 0.2) is 0 Å². The van der Waals surface area contributed by atoms with Gasteiger partial charge in [0.25, 0.3) is 11.6 Å². The van der Waals surface area contributed by atoms with E-state index in [1.165, 1.54) is 0 Å². The average Bonchev–Trinajstić information content (AvgIpc) is 1.67. The molecule has 46 valence electrons. The molecular weight excluding hydrogens is 98.1 g/mol. The fourth-order valence-electron chi connectivity index (χ4n) is 0.382. The summed E-state index contributed by atoms with van der Waals surface area (Å²) >= 11 is 0. The predicted octanol–water partition coefficient (Wildman–Crippen LogP) is 2.53. The lowest BCUT2D eigenvalue weighted by Crippen LogP contribution is -2.10. The molecule has 0 saturated heterocycles. The van der Waals surface area contributed by atoms with Gasteiger partial charge in [-0.15, -0.1) is 0 Å². The van der Waals surface area contributed by atoms with Gasteiger partial charge in [0.2, 0.25) is 0 Å². The highest BCUT2D eigenvalue weighted by Crippen LogP contribution is 2.12. The standard InChI is InChI=1S/C7H14N/c1-5-7(3,4)8-6-2/h5H2,1-4H3/q+1. The molecule has 0 spiro atoms. The molecule has 8 heavy (non-hydrogen) atoms. The summed E-state index contributed by atoms with van der Waals surface area (Å²) < 4.78 is 0. The van der Waals surface area contributed by atoms with Crippen LogP contribution in [0.15, 0.2) is 0 Å². The van der Waals surface area contributed by atoms with E-state index in [-0.39, 0.29) is 5.54 Å². The van der Waals surface area contributed by atoms with E-state index in [1.807, 2.05) is 6.92 Å². The molecule has 0 aliphatic heterocycles. The molecule has 0 heterocycles. The first-order valence-corrected chi connectivity index (χ1v) is 3.01. The SMILES string of the molecule is CC#[N+]C(C)(C)CC. The van der Waals surface area contributed by atoms with Crippen LogP contribution in [0.25, 0.3) is 4.85 Å². The van der Waals surface area contributed by atoms with Crippen molar-refractivity contribution < 1.29 is 0 Å². The number of hydrogen-bond acceptors (Lipinski definition) is 0. The van der Waals surface area contributed by atoms with Crippen LogP contribution in [0.1, 0.15) is 34.1 Å². The molecule has 0 aliphatic rings. The van der Waals surface area contributed by atoms with E-state index >= 15 is 0 Å². The third kappa shape index (κ3) is 2.63. The minimum absolute atomic E-state index is 0.106. The molecule has 0 radical (unpaired) electrons. The largest absolute Gasteiger partial charge is 0.275 e. The van der Waals surface area contributed by atoms with Crippen molar-refractivity contribution in [2.24, 2.45) is 0 Å². The first kappa shape index (κ1) is 7.49. The van der Waals surface area contributed by atoms with Crippen LogP contribution in [0.4, 0.5) is 0 Å². The van der Waals surface area contributed by atoms with Crippen LogP contribution in [0, 0.1) is 6.07 Å². The van der Waals surface area contributed by atoms with E-state index in [1.54, 1.807) is 0 Å². The van der Waals surface area contributed by atoms with Gasteiger partial charge in [0.1, 0.15) is 0 Å². The Morgan fingerprint density at radius 3 is 2.12 bits per heavy atom. The summed E-state index contributed by atoms with van der Waals surface area (Å²) in [6, 6.07) is 2.78. The Hall–Kier alpha value is -0.510.